The van der Waals surface area contributed by atoms with Crippen LogP contribution in [0.3, 0.4) is 0 Å². The number of hydrogen-bond donors (Lipinski definition) is 0. The van der Waals surface area contributed by atoms with Crippen LogP contribution in [0.1, 0.15) is 49.4 Å². The number of hydrogen-bond acceptors (Lipinski definition) is 2. The summed E-state index contributed by atoms with van der Waals surface area (Å²) in [6.45, 7) is 2.31. The molecule has 1 aliphatic carbocycles. The summed E-state index contributed by atoms with van der Waals surface area (Å²) in [5, 5.41) is 0. The summed E-state index contributed by atoms with van der Waals surface area (Å²) in [7, 11) is 0. The van der Waals surface area contributed by atoms with Gasteiger partial charge in [-0.1, -0.05) is 35.7 Å². The summed E-state index contributed by atoms with van der Waals surface area (Å²) >= 11 is 3.41. The lowest BCUT2D eigenvalue weighted by molar-refractivity contribution is 0.0597. The molecule has 0 N–H and O–H groups in total. The number of ketones is 1. The van der Waals surface area contributed by atoms with E-state index in [0.29, 0.717) is 12.3 Å². The van der Waals surface area contributed by atoms with Gasteiger partial charge in [-0.15, -0.1) is 0 Å². The maximum Gasteiger partial charge on any atom is 0.170 e. The number of fused-ring (bicyclic) bond motifs is 1. The minimum atomic E-state index is 0.0870. The van der Waals surface area contributed by atoms with Crippen molar-refractivity contribution in [1.29, 1.82) is 0 Å². The van der Waals surface area contributed by atoms with Crippen LogP contribution in [0.2, 0.25) is 0 Å². The Hall–Kier alpha value is -0.830. The third-order valence-electron chi connectivity index (χ3n) is 4.41. The van der Waals surface area contributed by atoms with Gasteiger partial charge in [-0.25, -0.2) is 0 Å². The van der Waals surface area contributed by atoms with Gasteiger partial charge in [0.15, 0.2) is 5.78 Å². The Morgan fingerprint density at radius 3 is 2.95 bits per heavy atom. The van der Waals surface area contributed by atoms with E-state index in [4.69, 9.17) is 4.74 Å². The first-order chi connectivity index (χ1) is 9.13. The van der Waals surface area contributed by atoms with Crippen LogP contribution >= 0.6 is 15.9 Å². The SMILES string of the molecule is CC1CCCC(C2CC(=O)c3cc(Br)ccc3O2)C1. The molecular weight excluding hydrogens is 304 g/mol. The number of rotatable bonds is 1. The minimum Gasteiger partial charge on any atom is -0.489 e. The summed E-state index contributed by atoms with van der Waals surface area (Å²) in [5.41, 5.74) is 0.731. The van der Waals surface area contributed by atoms with Crippen LogP contribution in [-0.4, -0.2) is 11.9 Å². The maximum atomic E-state index is 12.3. The molecule has 0 radical (unpaired) electrons. The third kappa shape index (κ3) is 2.71. The second kappa shape index (κ2) is 5.28. The van der Waals surface area contributed by atoms with Gasteiger partial charge in [-0.05, 0) is 42.9 Å². The minimum absolute atomic E-state index is 0.0870. The Bertz CT molecular complexity index is 498. The molecule has 3 atom stereocenters. The molecule has 1 fully saturated rings. The Balaban J connectivity index is 1.81. The molecule has 0 amide bonds. The smallest absolute Gasteiger partial charge is 0.170 e. The van der Waals surface area contributed by atoms with Crippen molar-refractivity contribution >= 4 is 21.7 Å². The van der Waals surface area contributed by atoms with E-state index in [1.807, 2.05) is 18.2 Å². The van der Waals surface area contributed by atoms with Crippen molar-refractivity contribution in [3.63, 3.8) is 0 Å². The molecule has 1 aromatic carbocycles. The van der Waals surface area contributed by atoms with Crippen LogP contribution in [-0.2, 0) is 0 Å². The van der Waals surface area contributed by atoms with Gasteiger partial charge >= 0.3 is 0 Å². The summed E-state index contributed by atoms with van der Waals surface area (Å²) in [6.07, 6.45) is 5.62. The second-order valence-corrected chi connectivity index (χ2v) is 6.87. The van der Waals surface area contributed by atoms with Crippen molar-refractivity contribution in [3.8, 4) is 5.75 Å². The van der Waals surface area contributed by atoms with Gasteiger partial charge in [-0.2, -0.15) is 0 Å². The Morgan fingerprint density at radius 1 is 1.32 bits per heavy atom. The predicted molar refractivity (Wildman–Crippen MR) is 78.6 cm³/mol. The first-order valence-corrected chi connectivity index (χ1v) is 7.92. The number of ether oxygens (including phenoxy) is 1. The molecule has 1 aromatic rings. The number of halogens is 1. The van der Waals surface area contributed by atoms with E-state index < -0.39 is 0 Å². The molecule has 0 aromatic heterocycles. The predicted octanol–water partition coefficient (Wildman–Crippen LogP) is 4.61. The number of carbonyl (C=O) groups excluding carboxylic acids is 1. The quantitative estimate of drug-likeness (QED) is 0.754. The van der Waals surface area contributed by atoms with Gasteiger partial charge in [0, 0.05) is 10.9 Å². The van der Waals surface area contributed by atoms with Gasteiger partial charge in [0.25, 0.3) is 0 Å². The van der Waals surface area contributed by atoms with Crippen molar-refractivity contribution in [3.05, 3.63) is 28.2 Å². The van der Waals surface area contributed by atoms with Crippen LogP contribution in [0.5, 0.6) is 5.75 Å². The lowest BCUT2D eigenvalue weighted by atomic mass is 9.77. The Labute approximate surface area is 122 Å². The van der Waals surface area contributed by atoms with Gasteiger partial charge in [0.2, 0.25) is 0 Å². The molecule has 3 rings (SSSR count). The molecule has 2 aliphatic rings. The molecule has 0 saturated heterocycles. The molecule has 3 heteroatoms. The zero-order valence-electron chi connectivity index (χ0n) is 11.2. The van der Waals surface area contributed by atoms with Gasteiger partial charge in [0.05, 0.1) is 5.56 Å². The number of benzene rings is 1. The van der Waals surface area contributed by atoms with Crippen molar-refractivity contribution in [1.82, 2.24) is 0 Å². The maximum absolute atomic E-state index is 12.3. The van der Waals surface area contributed by atoms with E-state index in [9.17, 15) is 4.79 Å². The molecule has 2 nitrogen and oxygen atoms in total. The fraction of sp³-hybridized carbons (Fsp3) is 0.562. The average molecular weight is 323 g/mol. The van der Waals surface area contributed by atoms with Crippen LogP contribution in [0.15, 0.2) is 22.7 Å². The van der Waals surface area contributed by atoms with E-state index in [1.54, 1.807) is 0 Å². The molecule has 1 saturated carbocycles. The highest BCUT2D eigenvalue weighted by Gasteiger charge is 2.34. The van der Waals surface area contributed by atoms with Gasteiger partial charge < -0.3 is 4.74 Å². The third-order valence-corrected chi connectivity index (χ3v) is 4.90. The Kier molecular flexibility index (Phi) is 3.66. The first kappa shape index (κ1) is 13.2. The fourth-order valence-corrected chi connectivity index (χ4v) is 3.76. The molecule has 3 unspecified atom stereocenters. The average Bonchev–Trinajstić information content (AvgIpc) is 2.39. The molecule has 102 valence electrons. The summed E-state index contributed by atoms with van der Waals surface area (Å²) in [4.78, 5) is 12.3. The van der Waals surface area contributed by atoms with E-state index >= 15 is 0 Å². The standard InChI is InChI=1S/C16H19BrO2/c1-10-3-2-4-11(7-10)16-9-14(18)13-8-12(17)5-6-15(13)19-16/h5-6,8,10-11,16H,2-4,7,9H2,1H3. The molecule has 19 heavy (non-hydrogen) atoms. The molecular formula is C16H19BrO2. The Morgan fingerprint density at radius 2 is 2.16 bits per heavy atom. The number of Topliss-reactive ketones (excluding diaryl/α,β-unsaturated/α-hetero) is 1. The van der Waals surface area contributed by atoms with Crippen LogP contribution < -0.4 is 4.74 Å². The largest absolute Gasteiger partial charge is 0.489 e. The van der Waals surface area contributed by atoms with E-state index in [0.717, 1.165) is 21.7 Å². The molecule has 1 aliphatic heterocycles. The highest BCUT2D eigenvalue weighted by atomic mass is 79.9. The van der Waals surface area contributed by atoms with Crippen molar-refractivity contribution in [2.75, 3.05) is 0 Å². The second-order valence-electron chi connectivity index (χ2n) is 5.96. The zero-order valence-corrected chi connectivity index (χ0v) is 12.8. The summed E-state index contributed by atoms with van der Waals surface area (Å²) < 4.78 is 7.04. The lowest BCUT2D eigenvalue weighted by Crippen LogP contribution is -2.36. The topological polar surface area (TPSA) is 26.3 Å². The summed E-state index contributed by atoms with van der Waals surface area (Å²) in [5.74, 6) is 2.31. The first-order valence-electron chi connectivity index (χ1n) is 7.13. The monoisotopic (exact) mass is 322 g/mol. The molecule has 0 spiro atoms. The molecule has 0 bridgehead atoms. The van der Waals surface area contributed by atoms with E-state index in [2.05, 4.69) is 22.9 Å². The number of carbonyl (C=O) groups is 1. The van der Waals surface area contributed by atoms with Crippen LogP contribution in [0, 0.1) is 11.8 Å². The van der Waals surface area contributed by atoms with Crippen LogP contribution in [0.4, 0.5) is 0 Å². The lowest BCUT2D eigenvalue weighted by Gasteiger charge is -2.35. The van der Waals surface area contributed by atoms with Crippen LogP contribution in [0.25, 0.3) is 0 Å². The van der Waals surface area contributed by atoms with Gasteiger partial charge in [0.1, 0.15) is 11.9 Å². The fourth-order valence-electron chi connectivity index (χ4n) is 3.40. The van der Waals surface area contributed by atoms with Crippen molar-refractivity contribution < 1.29 is 9.53 Å². The van der Waals surface area contributed by atoms with Crippen molar-refractivity contribution in [2.45, 2.75) is 45.1 Å². The van der Waals surface area contributed by atoms with Crippen molar-refractivity contribution in [2.24, 2.45) is 11.8 Å². The zero-order chi connectivity index (χ0) is 13.4. The highest BCUT2D eigenvalue weighted by Crippen LogP contribution is 2.38. The highest BCUT2D eigenvalue weighted by molar-refractivity contribution is 9.10. The molecule has 1 heterocycles. The van der Waals surface area contributed by atoms with E-state index in [1.165, 1.54) is 25.7 Å². The van der Waals surface area contributed by atoms with Gasteiger partial charge in [-0.3, -0.25) is 4.79 Å². The summed E-state index contributed by atoms with van der Waals surface area (Å²) in [6, 6.07) is 5.73. The normalized spacial score (nSPS) is 30.6. The van der Waals surface area contributed by atoms with E-state index in [-0.39, 0.29) is 11.9 Å².